The molecule has 2 rings (SSSR count). The Morgan fingerprint density at radius 3 is 3.08 bits per heavy atom. The first kappa shape index (κ1) is 8.75. The van der Waals surface area contributed by atoms with E-state index >= 15 is 0 Å². The van der Waals surface area contributed by atoms with Gasteiger partial charge >= 0.3 is 0 Å². The van der Waals surface area contributed by atoms with Crippen molar-refractivity contribution in [1.29, 1.82) is 0 Å². The highest BCUT2D eigenvalue weighted by atomic mass is 32.2. The highest BCUT2D eigenvalue weighted by Crippen LogP contribution is 2.35. The number of benzene rings is 1. The fraction of sp³-hybridized carbons (Fsp3) is 0.400. The maximum Gasteiger partial charge on any atom is 0.132 e. The summed E-state index contributed by atoms with van der Waals surface area (Å²) < 4.78 is 5.43. The third-order valence-electron chi connectivity index (χ3n) is 2.21. The Balaban J connectivity index is 2.44. The second-order valence-electron chi connectivity index (χ2n) is 3.08. The van der Waals surface area contributed by atoms with Crippen molar-refractivity contribution >= 4 is 11.8 Å². The number of hydrogen-bond donors (Lipinski definition) is 1. The number of aromatic hydroxyl groups is 1. The molecule has 0 bridgehead atoms. The fourth-order valence-electron chi connectivity index (χ4n) is 1.53. The van der Waals surface area contributed by atoms with E-state index in [1.165, 1.54) is 5.56 Å². The number of phenols is 1. The molecule has 1 aromatic rings. The Morgan fingerprint density at radius 2 is 2.31 bits per heavy atom. The van der Waals surface area contributed by atoms with Crippen LogP contribution in [0.15, 0.2) is 17.0 Å². The molecule has 1 heterocycles. The quantitative estimate of drug-likeness (QED) is 0.699. The number of thioether (sulfide) groups is 1. The van der Waals surface area contributed by atoms with Gasteiger partial charge in [-0.15, -0.1) is 11.8 Å². The maximum atomic E-state index is 9.57. The molecule has 0 unspecified atom stereocenters. The lowest BCUT2D eigenvalue weighted by atomic mass is 10.1. The predicted molar refractivity (Wildman–Crippen MR) is 53.7 cm³/mol. The van der Waals surface area contributed by atoms with Crippen LogP contribution in [0.2, 0.25) is 0 Å². The molecule has 0 aliphatic carbocycles. The Kier molecular flexibility index (Phi) is 2.36. The Labute approximate surface area is 81.9 Å². The van der Waals surface area contributed by atoms with Crippen molar-refractivity contribution in [3.63, 3.8) is 0 Å². The molecule has 0 spiro atoms. The summed E-state index contributed by atoms with van der Waals surface area (Å²) in [7, 11) is 0. The van der Waals surface area contributed by atoms with E-state index in [1.54, 1.807) is 17.8 Å². The van der Waals surface area contributed by atoms with Gasteiger partial charge in [-0.1, -0.05) is 0 Å². The first-order valence-electron chi connectivity index (χ1n) is 4.34. The van der Waals surface area contributed by atoms with Gasteiger partial charge in [0.15, 0.2) is 0 Å². The molecule has 0 fully saturated rings. The standard InChI is InChI=1S/C10H12O2S/c1-13-10-5-7-3-2-4-12-9(7)6-8(10)11/h5-6,11H,2-4H2,1H3. The minimum atomic E-state index is 0.327. The second kappa shape index (κ2) is 3.50. The summed E-state index contributed by atoms with van der Waals surface area (Å²) in [6.07, 6.45) is 4.10. The van der Waals surface area contributed by atoms with E-state index < -0.39 is 0 Å². The smallest absolute Gasteiger partial charge is 0.132 e. The van der Waals surface area contributed by atoms with Crippen molar-refractivity contribution in [1.82, 2.24) is 0 Å². The van der Waals surface area contributed by atoms with Crippen molar-refractivity contribution in [3.05, 3.63) is 17.7 Å². The molecule has 0 aromatic heterocycles. The molecule has 2 nitrogen and oxygen atoms in total. The van der Waals surface area contributed by atoms with Gasteiger partial charge in [0.25, 0.3) is 0 Å². The van der Waals surface area contributed by atoms with Crippen LogP contribution in [0.5, 0.6) is 11.5 Å². The summed E-state index contributed by atoms with van der Waals surface area (Å²) in [6.45, 7) is 0.769. The first-order chi connectivity index (χ1) is 6.31. The molecule has 13 heavy (non-hydrogen) atoms. The predicted octanol–water partition coefficient (Wildman–Crippen LogP) is 2.44. The lowest BCUT2D eigenvalue weighted by Crippen LogP contribution is -2.08. The van der Waals surface area contributed by atoms with Crippen molar-refractivity contribution in [2.24, 2.45) is 0 Å². The lowest BCUT2D eigenvalue weighted by Gasteiger charge is -2.18. The normalized spacial score (nSPS) is 14.8. The zero-order chi connectivity index (χ0) is 9.26. The van der Waals surface area contributed by atoms with Gasteiger partial charge in [0, 0.05) is 11.0 Å². The molecule has 70 valence electrons. The number of aryl methyl sites for hydroxylation is 1. The lowest BCUT2D eigenvalue weighted by molar-refractivity contribution is 0.286. The molecule has 1 aliphatic rings. The topological polar surface area (TPSA) is 29.5 Å². The molecule has 1 N–H and O–H groups in total. The van der Waals surface area contributed by atoms with Crippen molar-refractivity contribution < 1.29 is 9.84 Å². The highest BCUT2D eigenvalue weighted by molar-refractivity contribution is 7.98. The van der Waals surface area contributed by atoms with E-state index in [-0.39, 0.29) is 0 Å². The SMILES string of the molecule is CSc1cc2c(cc1O)OCCC2. The largest absolute Gasteiger partial charge is 0.507 e. The fourth-order valence-corrected chi connectivity index (χ4v) is 2.06. The third-order valence-corrected chi connectivity index (χ3v) is 2.98. The molecule has 1 aromatic carbocycles. The average Bonchev–Trinajstić information content (AvgIpc) is 2.17. The zero-order valence-electron chi connectivity index (χ0n) is 7.54. The molecule has 0 radical (unpaired) electrons. The maximum absolute atomic E-state index is 9.57. The Hall–Kier alpha value is -0.830. The van der Waals surface area contributed by atoms with Gasteiger partial charge in [0.2, 0.25) is 0 Å². The van der Waals surface area contributed by atoms with E-state index in [0.717, 1.165) is 30.1 Å². The van der Waals surface area contributed by atoms with Gasteiger partial charge in [-0.2, -0.15) is 0 Å². The highest BCUT2D eigenvalue weighted by Gasteiger charge is 2.13. The van der Waals surface area contributed by atoms with Gasteiger partial charge in [0.1, 0.15) is 11.5 Å². The van der Waals surface area contributed by atoms with Crippen molar-refractivity contribution in [2.45, 2.75) is 17.7 Å². The number of fused-ring (bicyclic) bond motifs is 1. The number of ether oxygens (including phenoxy) is 1. The minimum absolute atomic E-state index is 0.327. The van der Waals surface area contributed by atoms with E-state index in [9.17, 15) is 5.11 Å². The number of hydrogen-bond acceptors (Lipinski definition) is 3. The molecule has 0 atom stereocenters. The first-order valence-corrected chi connectivity index (χ1v) is 5.56. The number of rotatable bonds is 1. The van der Waals surface area contributed by atoms with Gasteiger partial charge in [-0.25, -0.2) is 0 Å². The third kappa shape index (κ3) is 1.61. The molecule has 0 saturated heterocycles. The van der Waals surface area contributed by atoms with E-state index in [0.29, 0.717) is 5.75 Å². The van der Waals surface area contributed by atoms with Crippen LogP contribution >= 0.6 is 11.8 Å². The average molecular weight is 196 g/mol. The van der Waals surface area contributed by atoms with Crippen LogP contribution < -0.4 is 4.74 Å². The van der Waals surface area contributed by atoms with Crippen LogP contribution in [0.3, 0.4) is 0 Å². The van der Waals surface area contributed by atoms with Gasteiger partial charge in [-0.3, -0.25) is 0 Å². The Morgan fingerprint density at radius 1 is 1.46 bits per heavy atom. The van der Waals surface area contributed by atoms with Crippen LogP contribution in [0, 0.1) is 0 Å². The minimum Gasteiger partial charge on any atom is -0.507 e. The van der Waals surface area contributed by atoms with Crippen LogP contribution in [0.1, 0.15) is 12.0 Å². The molecule has 3 heteroatoms. The van der Waals surface area contributed by atoms with Crippen molar-refractivity contribution in [2.75, 3.05) is 12.9 Å². The molecular weight excluding hydrogens is 184 g/mol. The van der Waals surface area contributed by atoms with Crippen LogP contribution in [0.4, 0.5) is 0 Å². The summed E-state index contributed by atoms with van der Waals surface area (Å²) in [4.78, 5) is 0.934. The second-order valence-corrected chi connectivity index (χ2v) is 3.93. The van der Waals surface area contributed by atoms with E-state index in [1.807, 2.05) is 12.3 Å². The van der Waals surface area contributed by atoms with E-state index in [4.69, 9.17) is 4.74 Å². The van der Waals surface area contributed by atoms with E-state index in [2.05, 4.69) is 0 Å². The molecule has 0 amide bonds. The van der Waals surface area contributed by atoms with Gasteiger partial charge in [0.05, 0.1) is 6.61 Å². The molecule has 1 aliphatic heterocycles. The zero-order valence-corrected chi connectivity index (χ0v) is 8.36. The van der Waals surface area contributed by atoms with Gasteiger partial charge in [-0.05, 0) is 30.7 Å². The van der Waals surface area contributed by atoms with Crippen LogP contribution in [0.25, 0.3) is 0 Å². The molecule has 0 saturated carbocycles. The monoisotopic (exact) mass is 196 g/mol. The summed E-state index contributed by atoms with van der Waals surface area (Å²) >= 11 is 1.56. The van der Waals surface area contributed by atoms with Crippen LogP contribution in [-0.4, -0.2) is 18.0 Å². The summed E-state index contributed by atoms with van der Waals surface area (Å²) in [5, 5.41) is 9.57. The molecular formula is C10H12O2S. The van der Waals surface area contributed by atoms with Crippen molar-refractivity contribution in [3.8, 4) is 11.5 Å². The summed E-state index contributed by atoms with van der Waals surface area (Å²) in [5.41, 5.74) is 1.22. The van der Waals surface area contributed by atoms with Gasteiger partial charge < -0.3 is 9.84 Å². The summed E-state index contributed by atoms with van der Waals surface area (Å²) in [5.74, 6) is 1.18. The summed E-state index contributed by atoms with van der Waals surface area (Å²) in [6, 6.07) is 3.74. The Bertz CT molecular complexity index is 323. The van der Waals surface area contributed by atoms with Crippen LogP contribution in [-0.2, 0) is 6.42 Å². The number of phenolic OH excluding ortho intramolecular Hbond substituents is 1.